The van der Waals surface area contributed by atoms with E-state index in [4.69, 9.17) is 20.6 Å². The van der Waals surface area contributed by atoms with Crippen LogP contribution in [0.4, 0.5) is 0 Å². The van der Waals surface area contributed by atoms with E-state index >= 15 is 0 Å². The van der Waals surface area contributed by atoms with Gasteiger partial charge in [-0.05, 0) is 33.8 Å². The van der Waals surface area contributed by atoms with Crippen LogP contribution in [0.5, 0.6) is 0 Å². The number of hydrogen-bond acceptors (Lipinski definition) is 4. The minimum absolute atomic E-state index is 0.329. The summed E-state index contributed by atoms with van der Waals surface area (Å²) < 4.78 is 23.4. The maximum absolute atomic E-state index is 12.7. The van der Waals surface area contributed by atoms with Crippen LogP contribution in [0.25, 0.3) is 0 Å². The molecule has 19 heavy (non-hydrogen) atoms. The fourth-order valence-electron chi connectivity index (χ4n) is 1.58. The summed E-state index contributed by atoms with van der Waals surface area (Å²) in [6.45, 7) is 6.93. The molecule has 0 fully saturated rings. The van der Waals surface area contributed by atoms with Gasteiger partial charge < -0.3 is 14.2 Å². The molecule has 1 aromatic carbocycles. The molecule has 1 aromatic rings. The van der Waals surface area contributed by atoms with Crippen LogP contribution in [0.1, 0.15) is 39.1 Å². The van der Waals surface area contributed by atoms with E-state index in [-0.39, 0.29) is 12.2 Å². The predicted molar refractivity (Wildman–Crippen MR) is 76.5 cm³/mol. The van der Waals surface area contributed by atoms with Crippen molar-refractivity contribution in [1.29, 1.82) is 0 Å². The van der Waals surface area contributed by atoms with Gasteiger partial charge in [-0.15, -0.1) is 0 Å². The summed E-state index contributed by atoms with van der Waals surface area (Å²) in [5.74, 6) is -1.40. The molecule has 0 amide bonds. The molecule has 0 spiro atoms. The second-order valence-corrected chi connectivity index (χ2v) is 7.14. The fourth-order valence-corrected chi connectivity index (χ4v) is 3.92. The molecular weight excluding hydrogens is 287 g/mol. The van der Waals surface area contributed by atoms with Gasteiger partial charge in [-0.1, -0.05) is 29.8 Å². The van der Waals surface area contributed by atoms with E-state index in [1.165, 1.54) is 0 Å². The van der Waals surface area contributed by atoms with Crippen LogP contribution in [0.2, 0.25) is 5.02 Å². The quantitative estimate of drug-likeness (QED) is 0.793. The fraction of sp³-hybridized carbons (Fsp3) is 0.538. The van der Waals surface area contributed by atoms with E-state index in [0.29, 0.717) is 10.6 Å². The predicted octanol–water partition coefficient (Wildman–Crippen LogP) is 4.37. The first-order valence-electron chi connectivity index (χ1n) is 6.15. The molecular formula is C13H20ClO4P. The van der Waals surface area contributed by atoms with Gasteiger partial charge in [0.15, 0.2) is 5.85 Å². The molecule has 0 heterocycles. The molecule has 0 aliphatic heterocycles. The summed E-state index contributed by atoms with van der Waals surface area (Å²) >= 11 is 6.01. The van der Waals surface area contributed by atoms with Crippen LogP contribution < -0.4 is 0 Å². The lowest BCUT2D eigenvalue weighted by Crippen LogP contribution is -2.13. The molecule has 0 saturated carbocycles. The van der Waals surface area contributed by atoms with Crippen molar-refractivity contribution in [3.8, 4) is 0 Å². The zero-order chi connectivity index (χ0) is 14.6. The van der Waals surface area contributed by atoms with Crippen molar-refractivity contribution < 1.29 is 18.7 Å². The number of rotatable bonds is 6. The van der Waals surface area contributed by atoms with Gasteiger partial charge in [0.05, 0.1) is 12.2 Å². The van der Waals surface area contributed by atoms with Crippen LogP contribution in [0.3, 0.4) is 0 Å². The summed E-state index contributed by atoms with van der Waals surface area (Å²) in [5.41, 5.74) is 0.341. The molecule has 1 N–H and O–H groups in total. The molecule has 0 aliphatic rings. The highest BCUT2D eigenvalue weighted by Crippen LogP contribution is 2.61. The van der Waals surface area contributed by atoms with Gasteiger partial charge in [0.1, 0.15) is 0 Å². The zero-order valence-corrected chi connectivity index (χ0v) is 13.2. The van der Waals surface area contributed by atoms with Gasteiger partial charge in [-0.3, -0.25) is 4.57 Å². The Morgan fingerprint density at radius 3 is 2.00 bits per heavy atom. The maximum atomic E-state index is 12.7. The van der Waals surface area contributed by atoms with Gasteiger partial charge >= 0.3 is 7.60 Å². The van der Waals surface area contributed by atoms with E-state index in [0.717, 1.165) is 0 Å². The first-order valence-corrected chi connectivity index (χ1v) is 8.14. The Morgan fingerprint density at radius 1 is 1.11 bits per heavy atom. The Balaban J connectivity index is 3.11. The van der Waals surface area contributed by atoms with E-state index in [9.17, 15) is 9.67 Å². The number of halogens is 1. The Labute approximate surface area is 119 Å². The van der Waals surface area contributed by atoms with E-state index in [2.05, 4.69) is 0 Å². The molecule has 0 aromatic heterocycles. The number of aliphatic hydroxyl groups is 1. The van der Waals surface area contributed by atoms with Gasteiger partial charge in [-0.25, -0.2) is 0 Å². The van der Waals surface area contributed by atoms with Crippen molar-refractivity contribution >= 4 is 19.2 Å². The van der Waals surface area contributed by atoms with Crippen LogP contribution in [0.15, 0.2) is 24.3 Å². The Morgan fingerprint density at radius 2 is 1.58 bits per heavy atom. The average Bonchev–Trinajstić information content (AvgIpc) is 2.26. The molecule has 0 bridgehead atoms. The maximum Gasteiger partial charge on any atom is 0.363 e. The zero-order valence-electron chi connectivity index (χ0n) is 11.5. The van der Waals surface area contributed by atoms with Crippen LogP contribution in [-0.2, 0) is 13.6 Å². The van der Waals surface area contributed by atoms with Gasteiger partial charge in [0.2, 0.25) is 0 Å². The molecule has 108 valence electrons. The van der Waals surface area contributed by atoms with Gasteiger partial charge in [0, 0.05) is 10.6 Å². The van der Waals surface area contributed by atoms with Crippen LogP contribution in [0, 0.1) is 0 Å². The summed E-state index contributed by atoms with van der Waals surface area (Å²) in [7, 11) is -3.70. The molecule has 6 heteroatoms. The summed E-state index contributed by atoms with van der Waals surface area (Å²) in [6.07, 6.45) is -0.663. The largest absolute Gasteiger partial charge is 0.376 e. The number of benzene rings is 1. The third kappa shape index (κ3) is 4.59. The number of aliphatic hydroxyl groups excluding tert-OH is 1. The van der Waals surface area contributed by atoms with Crippen molar-refractivity contribution in [3.05, 3.63) is 34.9 Å². The monoisotopic (exact) mass is 306 g/mol. The summed E-state index contributed by atoms with van der Waals surface area (Å²) in [5, 5.41) is 10.6. The lowest BCUT2D eigenvalue weighted by atomic mass is 10.2. The Kier molecular flexibility index (Phi) is 6.03. The van der Waals surface area contributed by atoms with Crippen molar-refractivity contribution in [2.45, 2.75) is 45.7 Å². The highest BCUT2D eigenvalue weighted by Gasteiger charge is 2.38. The molecule has 1 atom stereocenters. The molecule has 0 aliphatic carbocycles. The van der Waals surface area contributed by atoms with Crippen molar-refractivity contribution in [2.24, 2.45) is 0 Å². The lowest BCUT2D eigenvalue weighted by molar-refractivity contribution is 0.101. The van der Waals surface area contributed by atoms with Crippen LogP contribution in [-0.4, -0.2) is 17.3 Å². The Bertz CT molecular complexity index is 448. The van der Waals surface area contributed by atoms with Crippen molar-refractivity contribution in [1.82, 2.24) is 0 Å². The normalized spacial score (nSPS) is 14.1. The summed E-state index contributed by atoms with van der Waals surface area (Å²) in [4.78, 5) is 0. The first-order chi connectivity index (χ1) is 8.76. The standard InChI is InChI=1S/C13H20ClO4P/c1-9(2)17-19(16,18-10(3)4)13(15)11-7-5-6-8-12(11)14/h5-10,13,15H,1-4H3/t13-/m0/s1. The second-order valence-electron chi connectivity index (χ2n) is 4.74. The minimum Gasteiger partial charge on any atom is -0.376 e. The smallest absolute Gasteiger partial charge is 0.363 e. The average molecular weight is 307 g/mol. The van der Waals surface area contributed by atoms with Gasteiger partial charge in [0.25, 0.3) is 0 Å². The molecule has 0 unspecified atom stereocenters. The second kappa shape index (κ2) is 6.87. The third-order valence-electron chi connectivity index (χ3n) is 2.20. The summed E-state index contributed by atoms with van der Waals surface area (Å²) in [6, 6.07) is 6.66. The minimum atomic E-state index is -3.70. The van der Waals surface area contributed by atoms with Crippen molar-refractivity contribution in [3.63, 3.8) is 0 Å². The first kappa shape index (κ1) is 16.7. The van der Waals surface area contributed by atoms with E-state index < -0.39 is 13.4 Å². The van der Waals surface area contributed by atoms with Crippen molar-refractivity contribution in [2.75, 3.05) is 0 Å². The number of hydrogen-bond donors (Lipinski definition) is 1. The van der Waals surface area contributed by atoms with Crippen LogP contribution >= 0.6 is 19.2 Å². The molecule has 4 nitrogen and oxygen atoms in total. The topological polar surface area (TPSA) is 55.8 Å². The molecule has 0 radical (unpaired) electrons. The van der Waals surface area contributed by atoms with Gasteiger partial charge in [-0.2, -0.15) is 0 Å². The highest BCUT2D eigenvalue weighted by atomic mass is 35.5. The lowest BCUT2D eigenvalue weighted by Gasteiger charge is -2.27. The third-order valence-corrected chi connectivity index (χ3v) is 4.85. The van der Waals surface area contributed by atoms with E-state index in [1.54, 1.807) is 52.0 Å². The molecule has 1 rings (SSSR count). The van der Waals surface area contributed by atoms with E-state index in [1.807, 2.05) is 0 Å². The Hall–Kier alpha value is -0.380. The highest BCUT2D eigenvalue weighted by molar-refractivity contribution is 7.54. The molecule has 0 saturated heterocycles. The SMILES string of the molecule is CC(C)OP(=O)(OC(C)C)[C@H](O)c1ccccc1Cl.